The fourth-order valence-corrected chi connectivity index (χ4v) is 2.57. The van der Waals surface area contributed by atoms with E-state index in [2.05, 4.69) is 15.8 Å². The van der Waals surface area contributed by atoms with Gasteiger partial charge in [-0.05, 0) is 42.8 Å². The van der Waals surface area contributed by atoms with Gasteiger partial charge in [0.15, 0.2) is 0 Å². The molecular weight excluding hydrogens is 334 g/mol. The molecule has 1 aromatic heterocycles. The summed E-state index contributed by atoms with van der Waals surface area (Å²) >= 11 is 0. The first-order valence-electron chi connectivity index (χ1n) is 7.87. The van der Waals surface area contributed by atoms with Crippen LogP contribution in [0.4, 0.5) is 0 Å². The van der Waals surface area contributed by atoms with E-state index in [1.807, 2.05) is 13.0 Å². The van der Waals surface area contributed by atoms with Crippen molar-refractivity contribution >= 4 is 22.7 Å². The van der Waals surface area contributed by atoms with Gasteiger partial charge in [0.1, 0.15) is 11.3 Å². The Kier molecular flexibility index (Phi) is 4.70. The van der Waals surface area contributed by atoms with Gasteiger partial charge in [0, 0.05) is 17.1 Å². The molecule has 0 aliphatic carbocycles. The quantitative estimate of drug-likeness (QED) is 0.628. The molecule has 2 amide bonds. The van der Waals surface area contributed by atoms with Crippen LogP contribution in [0.15, 0.2) is 53.5 Å². The van der Waals surface area contributed by atoms with E-state index in [1.54, 1.807) is 36.4 Å². The van der Waals surface area contributed by atoms with E-state index in [0.717, 1.165) is 5.56 Å². The highest BCUT2D eigenvalue weighted by atomic mass is 16.5. The molecule has 0 radical (unpaired) electrons. The number of amides is 2. The van der Waals surface area contributed by atoms with Crippen molar-refractivity contribution < 1.29 is 14.3 Å². The van der Waals surface area contributed by atoms with Crippen LogP contribution >= 0.6 is 0 Å². The minimum atomic E-state index is -0.698. The van der Waals surface area contributed by atoms with Crippen molar-refractivity contribution in [2.45, 2.75) is 6.92 Å². The van der Waals surface area contributed by atoms with Crippen LogP contribution in [0.5, 0.6) is 5.75 Å². The second-order valence-corrected chi connectivity index (χ2v) is 5.67. The molecule has 2 aromatic carbocycles. The highest BCUT2D eigenvalue weighted by Crippen LogP contribution is 2.13. The van der Waals surface area contributed by atoms with Crippen molar-refractivity contribution in [1.82, 2.24) is 15.8 Å². The molecule has 0 aliphatic heterocycles. The molecule has 3 N–H and O–H groups in total. The lowest BCUT2D eigenvalue weighted by Gasteiger charge is -2.09. The van der Waals surface area contributed by atoms with Crippen LogP contribution in [0.25, 0.3) is 10.9 Å². The third-order valence-electron chi connectivity index (χ3n) is 4.01. The van der Waals surface area contributed by atoms with E-state index >= 15 is 0 Å². The summed E-state index contributed by atoms with van der Waals surface area (Å²) in [4.78, 5) is 39.8. The van der Waals surface area contributed by atoms with Gasteiger partial charge in [-0.3, -0.25) is 25.2 Å². The summed E-state index contributed by atoms with van der Waals surface area (Å²) in [7, 11) is 1.53. The number of aryl methyl sites for hydroxylation is 1. The number of para-hydroxylation sites is 1. The SMILES string of the molecule is COc1ccc(C(=O)NNC(=O)c2c[nH]c3c(C)cccc3c2=O)cc1. The number of fused-ring (bicyclic) bond motifs is 1. The van der Waals surface area contributed by atoms with Crippen LogP contribution in [0.3, 0.4) is 0 Å². The number of aromatic nitrogens is 1. The maximum absolute atomic E-state index is 12.5. The highest BCUT2D eigenvalue weighted by molar-refractivity contribution is 6.00. The standard InChI is InChI=1S/C19H17N3O4/c1-11-4-3-5-14-16(11)20-10-15(17(14)23)19(25)22-21-18(24)12-6-8-13(26-2)9-7-12/h3-10H,1-2H3,(H,20,23)(H,21,24)(H,22,25). The van der Waals surface area contributed by atoms with Gasteiger partial charge in [0.05, 0.1) is 12.6 Å². The molecule has 0 aliphatic rings. The lowest BCUT2D eigenvalue weighted by molar-refractivity contribution is 0.0846. The number of carbonyl (C=O) groups excluding carboxylic acids is 2. The monoisotopic (exact) mass is 351 g/mol. The Hall–Kier alpha value is -3.61. The van der Waals surface area contributed by atoms with Crippen LogP contribution in [0.1, 0.15) is 26.3 Å². The molecule has 0 saturated heterocycles. The molecule has 132 valence electrons. The molecule has 3 rings (SSSR count). The third-order valence-corrected chi connectivity index (χ3v) is 4.01. The number of pyridine rings is 1. The number of H-pyrrole nitrogens is 1. The number of carbonyl (C=O) groups is 2. The zero-order valence-electron chi connectivity index (χ0n) is 14.3. The van der Waals surface area contributed by atoms with Gasteiger partial charge in [-0.15, -0.1) is 0 Å². The molecule has 7 nitrogen and oxygen atoms in total. The van der Waals surface area contributed by atoms with Crippen LogP contribution in [0.2, 0.25) is 0 Å². The van der Waals surface area contributed by atoms with E-state index in [4.69, 9.17) is 4.74 Å². The van der Waals surface area contributed by atoms with Crippen molar-refractivity contribution in [2.24, 2.45) is 0 Å². The normalized spacial score (nSPS) is 10.4. The zero-order valence-corrected chi connectivity index (χ0v) is 14.3. The van der Waals surface area contributed by atoms with Crippen LogP contribution in [-0.4, -0.2) is 23.9 Å². The average Bonchev–Trinajstić information content (AvgIpc) is 2.67. The van der Waals surface area contributed by atoms with Crippen molar-refractivity contribution in [2.75, 3.05) is 7.11 Å². The van der Waals surface area contributed by atoms with Crippen molar-refractivity contribution in [3.63, 3.8) is 0 Å². The molecular formula is C19H17N3O4. The smallest absolute Gasteiger partial charge is 0.275 e. The second kappa shape index (κ2) is 7.10. The lowest BCUT2D eigenvalue weighted by atomic mass is 10.1. The summed E-state index contributed by atoms with van der Waals surface area (Å²) in [5.41, 5.74) is 5.98. The predicted molar refractivity (Wildman–Crippen MR) is 97.2 cm³/mol. The van der Waals surface area contributed by atoms with Crippen molar-refractivity contribution in [3.05, 3.63) is 75.6 Å². The largest absolute Gasteiger partial charge is 0.497 e. The molecule has 0 bridgehead atoms. The number of hydrazine groups is 1. The average molecular weight is 351 g/mol. The zero-order chi connectivity index (χ0) is 18.7. The molecule has 3 aromatic rings. The Bertz CT molecular complexity index is 1040. The van der Waals surface area contributed by atoms with Gasteiger partial charge in [0.25, 0.3) is 11.8 Å². The summed E-state index contributed by atoms with van der Waals surface area (Å²) in [6.45, 7) is 1.87. The highest BCUT2D eigenvalue weighted by Gasteiger charge is 2.15. The third kappa shape index (κ3) is 3.27. The summed E-state index contributed by atoms with van der Waals surface area (Å²) < 4.78 is 5.02. The maximum Gasteiger partial charge on any atom is 0.275 e. The summed E-state index contributed by atoms with van der Waals surface area (Å²) in [6.07, 6.45) is 1.34. The van der Waals surface area contributed by atoms with Crippen molar-refractivity contribution in [3.8, 4) is 5.75 Å². The minimum absolute atomic E-state index is 0.0851. The van der Waals surface area contributed by atoms with E-state index in [-0.39, 0.29) is 5.56 Å². The van der Waals surface area contributed by atoms with E-state index in [1.165, 1.54) is 13.3 Å². The van der Waals surface area contributed by atoms with Gasteiger partial charge in [-0.1, -0.05) is 12.1 Å². The lowest BCUT2D eigenvalue weighted by Crippen LogP contribution is -2.43. The molecule has 26 heavy (non-hydrogen) atoms. The molecule has 7 heteroatoms. The number of rotatable bonds is 3. The van der Waals surface area contributed by atoms with E-state index in [9.17, 15) is 14.4 Å². The molecule has 0 atom stereocenters. The van der Waals surface area contributed by atoms with E-state index in [0.29, 0.717) is 22.2 Å². The number of hydrogen-bond donors (Lipinski definition) is 3. The Morgan fingerprint density at radius 2 is 1.69 bits per heavy atom. The van der Waals surface area contributed by atoms with Gasteiger partial charge in [-0.25, -0.2) is 0 Å². The topological polar surface area (TPSA) is 100 Å². The Balaban J connectivity index is 1.76. The Morgan fingerprint density at radius 1 is 1.00 bits per heavy atom. The number of aromatic amines is 1. The molecule has 0 unspecified atom stereocenters. The predicted octanol–water partition coefficient (Wildman–Crippen LogP) is 1.92. The second-order valence-electron chi connectivity index (χ2n) is 5.67. The fraction of sp³-hybridized carbons (Fsp3) is 0.105. The molecule has 0 spiro atoms. The Morgan fingerprint density at radius 3 is 2.38 bits per heavy atom. The Labute approximate surface area is 149 Å². The summed E-state index contributed by atoms with van der Waals surface area (Å²) in [5, 5.41) is 0.416. The minimum Gasteiger partial charge on any atom is -0.497 e. The van der Waals surface area contributed by atoms with E-state index < -0.39 is 17.2 Å². The maximum atomic E-state index is 12.5. The fourth-order valence-electron chi connectivity index (χ4n) is 2.57. The van der Waals surface area contributed by atoms with Gasteiger partial charge in [-0.2, -0.15) is 0 Å². The summed E-state index contributed by atoms with van der Waals surface area (Å²) in [6, 6.07) is 11.7. The summed E-state index contributed by atoms with van der Waals surface area (Å²) in [5.74, 6) is -0.589. The molecule has 1 heterocycles. The van der Waals surface area contributed by atoms with Crippen LogP contribution < -0.4 is 21.0 Å². The number of nitrogens with one attached hydrogen (secondary N) is 3. The first-order valence-corrected chi connectivity index (χ1v) is 7.87. The first-order chi connectivity index (χ1) is 12.5. The van der Waals surface area contributed by atoms with Crippen molar-refractivity contribution in [1.29, 1.82) is 0 Å². The van der Waals surface area contributed by atoms with Gasteiger partial charge >= 0.3 is 0 Å². The molecule has 0 saturated carbocycles. The number of methoxy groups -OCH3 is 1. The van der Waals surface area contributed by atoms with Gasteiger partial charge < -0.3 is 9.72 Å². The number of hydrogen-bond acceptors (Lipinski definition) is 4. The first kappa shape index (κ1) is 17.2. The van der Waals surface area contributed by atoms with Gasteiger partial charge in [0.2, 0.25) is 5.43 Å². The number of ether oxygens (including phenoxy) is 1. The molecule has 0 fully saturated rings. The van der Waals surface area contributed by atoms with Crippen LogP contribution in [-0.2, 0) is 0 Å². The number of benzene rings is 2. The van der Waals surface area contributed by atoms with Crippen LogP contribution in [0, 0.1) is 6.92 Å².